The average molecular weight is 310 g/mol. The molecule has 1 aliphatic rings. The third-order valence-electron chi connectivity index (χ3n) is 4.02. The highest BCUT2D eigenvalue weighted by molar-refractivity contribution is 5.77. The third kappa shape index (κ3) is 4.94. The van der Waals surface area contributed by atoms with Gasteiger partial charge < -0.3 is 11.1 Å². The molecule has 1 saturated heterocycles. The van der Waals surface area contributed by atoms with Gasteiger partial charge >= 0.3 is 0 Å². The number of nitrogens with two attached hydrogens (primary N) is 1. The maximum Gasteiger partial charge on any atom is 0.188 e. The molecule has 122 valence electrons. The van der Waals surface area contributed by atoms with Crippen LogP contribution in [0.5, 0.6) is 0 Å². The van der Waals surface area contributed by atoms with Gasteiger partial charge in [-0.15, -0.1) is 0 Å². The van der Waals surface area contributed by atoms with Crippen LogP contribution in [0, 0.1) is 11.6 Å². The lowest BCUT2D eigenvalue weighted by molar-refractivity contribution is 0.273. The minimum absolute atomic E-state index is 0.389. The largest absolute Gasteiger partial charge is 0.370 e. The first-order chi connectivity index (χ1) is 10.6. The second-order valence-corrected chi connectivity index (χ2v) is 5.61. The molecule has 0 bridgehead atoms. The van der Waals surface area contributed by atoms with Crippen LogP contribution in [0.3, 0.4) is 0 Å². The molecule has 2 rings (SSSR count). The van der Waals surface area contributed by atoms with Crippen molar-refractivity contribution in [1.82, 2.24) is 10.2 Å². The summed E-state index contributed by atoms with van der Waals surface area (Å²) in [6.45, 7) is 5.53. The minimum Gasteiger partial charge on any atom is -0.370 e. The predicted octanol–water partition coefficient (Wildman–Crippen LogP) is 1.90. The Hall–Kier alpha value is -1.69. The number of nitrogens with zero attached hydrogens (tertiary/aromatic N) is 2. The van der Waals surface area contributed by atoms with Crippen LogP contribution in [-0.4, -0.2) is 43.1 Å². The summed E-state index contributed by atoms with van der Waals surface area (Å²) >= 11 is 0. The van der Waals surface area contributed by atoms with Gasteiger partial charge in [0.1, 0.15) is 11.6 Å². The van der Waals surface area contributed by atoms with Gasteiger partial charge in [-0.25, -0.2) is 8.78 Å². The Labute approximate surface area is 130 Å². The predicted molar refractivity (Wildman–Crippen MR) is 84.8 cm³/mol. The molecule has 0 aromatic heterocycles. The minimum atomic E-state index is -0.558. The molecule has 0 radical (unpaired) electrons. The van der Waals surface area contributed by atoms with Crippen molar-refractivity contribution in [2.45, 2.75) is 32.2 Å². The Morgan fingerprint density at radius 2 is 2.09 bits per heavy atom. The number of likely N-dealkylation sites (tertiary alicyclic amines) is 1. The van der Waals surface area contributed by atoms with Gasteiger partial charge in [0.15, 0.2) is 5.96 Å². The van der Waals surface area contributed by atoms with Crippen LogP contribution >= 0.6 is 0 Å². The summed E-state index contributed by atoms with van der Waals surface area (Å²) in [5.41, 5.74) is 6.44. The van der Waals surface area contributed by atoms with E-state index >= 15 is 0 Å². The molecule has 0 spiro atoms. The highest BCUT2D eigenvalue weighted by atomic mass is 19.1. The Bertz CT molecular complexity index is 499. The van der Waals surface area contributed by atoms with Crippen LogP contribution in [0.1, 0.15) is 25.3 Å². The van der Waals surface area contributed by atoms with Crippen LogP contribution in [0.4, 0.5) is 8.78 Å². The van der Waals surface area contributed by atoms with E-state index in [9.17, 15) is 8.78 Å². The summed E-state index contributed by atoms with van der Waals surface area (Å²) in [6.07, 6.45) is 2.87. The zero-order valence-corrected chi connectivity index (χ0v) is 13.0. The number of benzene rings is 1. The first-order valence-corrected chi connectivity index (χ1v) is 7.81. The molecule has 6 heteroatoms. The summed E-state index contributed by atoms with van der Waals surface area (Å²) in [5, 5.41) is 2.99. The molecule has 1 aliphatic heterocycles. The summed E-state index contributed by atoms with van der Waals surface area (Å²) < 4.78 is 26.1. The monoisotopic (exact) mass is 310 g/mol. The highest BCUT2D eigenvalue weighted by Gasteiger charge is 2.22. The number of rotatable bonds is 6. The molecule has 0 amide bonds. The van der Waals surface area contributed by atoms with E-state index in [0.29, 0.717) is 37.1 Å². The van der Waals surface area contributed by atoms with Crippen molar-refractivity contribution >= 4 is 5.96 Å². The topological polar surface area (TPSA) is 53.6 Å². The summed E-state index contributed by atoms with van der Waals surface area (Å²) in [6, 6.07) is 4.00. The number of nitrogens with one attached hydrogen (secondary N) is 1. The zero-order chi connectivity index (χ0) is 15.9. The Balaban J connectivity index is 1.75. The Morgan fingerprint density at radius 3 is 2.77 bits per heavy atom. The fourth-order valence-corrected chi connectivity index (χ4v) is 2.87. The second-order valence-electron chi connectivity index (χ2n) is 5.61. The number of likely N-dealkylation sites (N-methyl/N-ethyl adjacent to an activating group) is 1. The van der Waals surface area contributed by atoms with Crippen LogP contribution in [0.25, 0.3) is 0 Å². The van der Waals surface area contributed by atoms with Gasteiger partial charge in [-0.1, -0.05) is 6.92 Å². The van der Waals surface area contributed by atoms with E-state index in [1.54, 1.807) is 0 Å². The van der Waals surface area contributed by atoms with Gasteiger partial charge in [-0.05, 0) is 50.0 Å². The fourth-order valence-electron chi connectivity index (χ4n) is 2.87. The molecule has 1 unspecified atom stereocenters. The van der Waals surface area contributed by atoms with Crippen LogP contribution < -0.4 is 11.1 Å². The number of hydrogen-bond acceptors (Lipinski definition) is 2. The molecule has 0 aliphatic carbocycles. The lowest BCUT2D eigenvalue weighted by Gasteiger charge is -2.20. The number of guanidine groups is 1. The summed E-state index contributed by atoms with van der Waals surface area (Å²) in [5.74, 6) is -0.727. The normalized spacial score (nSPS) is 19.6. The quantitative estimate of drug-likeness (QED) is 0.623. The smallest absolute Gasteiger partial charge is 0.188 e. The second kappa shape index (κ2) is 8.08. The van der Waals surface area contributed by atoms with Crippen molar-refractivity contribution in [3.8, 4) is 0 Å². The van der Waals surface area contributed by atoms with Crippen molar-refractivity contribution in [2.75, 3.05) is 26.2 Å². The molecule has 0 saturated carbocycles. The molecule has 1 aromatic carbocycles. The molecule has 1 heterocycles. The van der Waals surface area contributed by atoms with Crippen molar-refractivity contribution in [1.29, 1.82) is 0 Å². The first kappa shape index (κ1) is 16.7. The molecular weight excluding hydrogens is 286 g/mol. The zero-order valence-electron chi connectivity index (χ0n) is 13.0. The van der Waals surface area contributed by atoms with Crippen molar-refractivity contribution in [2.24, 2.45) is 10.7 Å². The van der Waals surface area contributed by atoms with Crippen LogP contribution in [0.2, 0.25) is 0 Å². The van der Waals surface area contributed by atoms with Crippen LogP contribution in [-0.2, 0) is 6.42 Å². The first-order valence-electron chi connectivity index (χ1n) is 7.81. The maximum atomic E-state index is 13.1. The van der Waals surface area contributed by atoms with Crippen molar-refractivity contribution < 1.29 is 8.78 Å². The average Bonchev–Trinajstić information content (AvgIpc) is 2.91. The van der Waals surface area contributed by atoms with Crippen molar-refractivity contribution in [3.05, 3.63) is 35.4 Å². The van der Waals surface area contributed by atoms with Gasteiger partial charge in [0.25, 0.3) is 0 Å². The highest BCUT2D eigenvalue weighted by Crippen LogP contribution is 2.16. The molecule has 3 N–H and O–H groups in total. The van der Waals surface area contributed by atoms with Crippen molar-refractivity contribution in [3.63, 3.8) is 0 Å². The summed E-state index contributed by atoms with van der Waals surface area (Å²) in [7, 11) is 0. The van der Waals surface area contributed by atoms with E-state index in [-0.39, 0.29) is 0 Å². The number of hydrogen-bond donors (Lipinski definition) is 2. The van der Waals surface area contributed by atoms with E-state index in [0.717, 1.165) is 25.6 Å². The molecule has 1 atom stereocenters. The SMILES string of the molecule is CCN1CCCC1CN=C(N)NCCc1cc(F)cc(F)c1. The van der Waals surface area contributed by atoms with E-state index < -0.39 is 11.6 Å². The number of aliphatic imine (C=N–C) groups is 1. The number of halogens is 2. The van der Waals surface area contributed by atoms with Gasteiger partial charge in [-0.2, -0.15) is 0 Å². The van der Waals surface area contributed by atoms with Crippen LogP contribution in [0.15, 0.2) is 23.2 Å². The molecule has 1 fully saturated rings. The van der Waals surface area contributed by atoms with E-state index in [1.165, 1.54) is 18.6 Å². The van der Waals surface area contributed by atoms with E-state index in [2.05, 4.69) is 22.1 Å². The molecule has 22 heavy (non-hydrogen) atoms. The van der Waals surface area contributed by atoms with Gasteiger partial charge in [0.2, 0.25) is 0 Å². The third-order valence-corrected chi connectivity index (χ3v) is 4.02. The molecule has 1 aromatic rings. The lowest BCUT2D eigenvalue weighted by Crippen LogP contribution is -2.36. The van der Waals surface area contributed by atoms with E-state index in [1.807, 2.05) is 0 Å². The Morgan fingerprint density at radius 1 is 1.36 bits per heavy atom. The standard InChI is InChI=1S/C16H24F2N4/c1-2-22-7-3-4-15(22)11-21-16(19)20-6-5-12-8-13(17)10-14(18)9-12/h8-10,15H,2-7,11H2,1H3,(H3,19,20,21). The Kier molecular flexibility index (Phi) is 6.12. The lowest BCUT2D eigenvalue weighted by atomic mass is 10.1. The molecular formula is C16H24F2N4. The fraction of sp³-hybridized carbons (Fsp3) is 0.562. The van der Waals surface area contributed by atoms with Gasteiger partial charge in [0, 0.05) is 18.7 Å². The van der Waals surface area contributed by atoms with Gasteiger partial charge in [0.05, 0.1) is 6.54 Å². The summed E-state index contributed by atoms with van der Waals surface area (Å²) in [4.78, 5) is 6.77. The van der Waals surface area contributed by atoms with Gasteiger partial charge in [-0.3, -0.25) is 9.89 Å². The maximum absolute atomic E-state index is 13.1. The molecule has 4 nitrogen and oxygen atoms in total. The van der Waals surface area contributed by atoms with E-state index in [4.69, 9.17) is 5.73 Å².